The summed E-state index contributed by atoms with van der Waals surface area (Å²) in [5.74, 6) is 0.655. The van der Waals surface area contributed by atoms with E-state index in [-0.39, 0.29) is 5.75 Å². The monoisotopic (exact) mass is 258 g/mol. The lowest BCUT2D eigenvalue weighted by Gasteiger charge is -2.22. The first-order valence-electron chi connectivity index (χ1n) is 5.65. The Labute approximate surface area is 110 Å². The van der Waals surface area contributed by atoms with E-state index in [1.807, 2.05) is 0 Å². The Kier molecular flexibility index (Phi) is 3.56. The number of nitrogens with two attached hydrogens (primary N) is 1. The van der Waals surface area contributed by atoms with Crippen molar-refractivity contribution in [2.45, 2.75) is 0 Å². The molecule has 0 aliphatic heterocycles. The molecule has 0 aromatic heterocycles. The number of phenols is 1. The molecule has 0 aliphatic carbocycles. The highest BCUT2D eigenvalue weighted by Gasteiger charge is 2.18. The Balaban J connectivity index is 2.51. The number of rotatable bonds is 3. The molecule has 5 heteroatoms. The van der Waals surface area contributed by atoms with Crippen LogP contribution in [0.2, 0.25) is 0 Å². The molecule has 0 unspecified atom stereocenters. The van der Waals surface area contributed by atoms with Crippen molar-refractivity contribution in [1.29, 1.82) is 0 Å². The van der Waals surface area contributed by atoms with E-state index in [4.69, 9.17) is 10.5 Å². The number of ether oxygens (including phenoxy) is 1. The lowest BCUT2D eigenvalue weighted by Crippen LogP contribution is -2.31. The zero-order valence-electron chi connectivity index (χ0n) is 10.4. The van der Waals surface area contributed by atoms with Crippen LogP contribution < -0.4 is 15.4 Å². The van der Waals surface area contributed by atoms with Crippen molar-refractivity contribution in [3.8, 4) is 11.5 Å². The lowest BCUT2D eigenvalue weighted by atomic mass is 10.2. The zero-order chi connectivity index (χ0) is 13.8. The van der Waals surface area contributed by atoms with Crippen molar-refractivity contribution >= 4 is 17.4 Å². The van der Waals surface area contributed by atoms with Crippen molar-refractivity contribution in [2.24, 2.45) is 5.73 Å². The Morgan fingerprint density at radius 3 is 2.37 bits per heavy atom. The van der Waals surface area contributed by atoms with Gasteiger partial charge < -0.3 is 15.6 Å². The fourth-order valence-electron chi connectivity index (χ4n) is 1.80. The number of anilines is 2. The average molecular weight is 258 g/mol. The fourth-order valence-corrected chi connectivity index (χ4v) is 1.80. The highest BCUT2D eigenvalue weighted by Crippen LogP contribution is 2.33. The molecule has 5 nitrogen and oxygen atoms in total. The van der Waals surface area contributed by atoms with E-state index < -0.39 is 6.03 Å². The van der Waals surface area contributed by atoms with Crippen molar-refractivity contribution < 1.29 is 14.6 Å². The third-order valence-electron chi connectivity index (χ3n) is 2.65. The molecule has 0 spiro atoms. The largest absolute Gasteiger partial charge is 0.508 e. The van der Waals surface area contributed by atoms with Gasteiger partial charge in [-0.2, -0.15) is 0 Å². The number of carbonyl (C=O) groups is 1. The van der Waals surface area contributed by atoms with E-state index in [0.29, 0.717) is 17.1 Å². The molecule has 0 bridgehead atoms. The topological polar surface area (TPSA) is 75.8 Å². The van der Waals surface area contributed by atoms with Gasteiger partial charge in [-0.05, 0) is 36.4 Å². The van der Waals surface area contributed by atoms with Gasteiger partial charge >= 0.3 is 6.03 Å². The summed E-state index contributed by atoms with van der Waals surface area (Å²) in [7, 11) is 1.52. The maximum absolute atomic E-state index is 11.7. The average Bonchev–Trinajstić information content (AvgIpc) is 2.41. The van der Waals surface area contributed by atoms with Crippen LogP contribution in [0.15, 0.2) is 48.5 Å². The molecular formula is C14H14N2O3. The minimum atomic E-state index is -0.629. The quantitative estimate of drug-likeness (QED) is 0.888. The fraction of sp³-hybridized carbons (Fsp3) is 0.0714. The molecule has 0 saturated heterocycles. The van der Waals surface area contributed by atoms with Crippen LogP contribution in [0.3, 0.4) is 0 Å². The standard InChI is InChI=1S/C14H14N2O3/c1-19-13-5-3-2-4-12(13)16(14(15)18)10-6-8-11(17)9-7-10/h2-9,17H,1H3,(H2,15,18). The van der Waals surface area contributed by atoms with Crippen LogP contribution in [0, 0.1) is 0 Å². The number of primary amides is 1. The summed E-state index contributed by atoms with van der Waals surface area (Å²) in [5.41, 5.74) is 6.53. The number of aromatic hydroxyl groups is 1. The van der Waals surface area contributed by atoms with Crippen LogP contribution in [0.1, 0.15) is 0 Å². The summed E-state index contributed by atoms with van der Waals surface area (Å²) >= 11 is 0. The van der Waals surface area contributed by atoms with Gasteiger partial charge in [0.2, 0.25) is 0 Å². The second kappa shape index (κ2) is 5.30. The van der Waals surface area contributed by atoms with E-state index in [1.54, 1.807) is 36.4 Å². The van der Waals surface area contributed by atoms with Gasteiger partial charge in [-0.25, -0.2) is 4.79 Å². The van der Waals surface area contributed by atoms with Gasteiger partial charge in [0.1, 0.15) is 11.5 Å². The minimum Gasteiger partial charge on any atom is -0.508 e. The second-order valence-corrected chi connectivity index (χ2v) is 3.86. The minimum absolute atomic E-state index is 0.119. The van der Waals surface area contributed by atoms with Gasteiger partial charge in [-0.3, -0.25) is 4.90 Å². The van der Waals surface area contributed by atoms with Gasteiger partial charge in [0.05, 0.1) is 18.5 Å². The number of benzene rings is 2. The predicted octanol–water partition coefficient (Wildman–Crippen LogP) is 2.62. The second-order valence-electron chi connectivity index (χ2n) is 3.86. The Bertz CT molecular complexity index is 581. The molecular weight excluding hydrogens is 244 g/mol. The molecule has 2 aromatic carbocycles. The van der Waals surface area contributed by atoms with Crippen LogP contribution in [0.5, 0.6) is 11.5 Å². The lowest BCUT2D eigenvalue weighted by molar-refractivity contribution is 0.256. The van der Waals surface area contributed by atoms with E-state index in [9.17, 15) is 9.90 Å². The van der Waals surface area contributed by atoms with Gasteiger partial charge in [-0.15, -0.1) is 0 Å². The maximum atomic E-state index is 11.7. The van der Waals surface area contributed by atoms with Crippen molar-refractivity contribution in [3.05, 3.63) is 48.5 Å². The SMILES string of the molecule is COc1ccccc1N(C(N)=O)c1ccc(O)cc1. The molecule has 0 fully saturated rings. The molecule has 2 rings (SSSR count). The smallest absolute Gasteiger partial charge is 0.324 e. The summed E-state index contributed by atoms with van der Waals surface area (Å²) < 4.78 is 5.22. The van der Waals surface area contributed by atoms with Crippen LogP contribution in [0.4, 0.5) is 16.2 Å². The number of phenolic OH excluding ortho intramolecular Hbond substituents is 1. The first-order valence-corrected chi connectivity index (χ1v) is 5.65. The predicted molar refractivity (Wildman–Crippen MR) is 72.8 cm³/mol. The number of carbonyl (C=O) groups excluding carboxylic acids is 1. The highest BCUT2D eigenvalue weighted by atomic mass is 16.5. The van der Waals surface area contributed by atoms with Crippen LogP contribution in [0.25, 0.3) is 0 Å². The van der Waals surface area contributed by atoms with Gasteiger partial charge in [0, 0.05) is 0 Å². The first kappa shape index (κ1) is 12.8. The van der Waals surface area contributed by atoms with Crippen LogP contribution in [-0.2, 0) is 0 Å². The molecule has 2 aromatic rings. The first-order chi connectivity index (χ1) is 9.13. The third kappa shape index (κ3) is 2.60. The van der Waals surface area contributed by atoms with Crippen molar-refractivity contribution in [3.63, 3.8) is 0 Å². The molecule has 0 atom stereocenters. The number of hydrogen-bond donors (Lipinski definition) is 2. The molecule has 0 aliphatic rings. The zero-order valence-corrected chi connectivity index (χ0v) is 10.4. The number of para-hydroxylation sites is 2. The molecule has 0 radical (unpaired) electrons. The van der Waals surface area contributed by atoms with Crippen LogP contribution >= 0.6 is 0 Å². The maximum Gasteiger partial charge on any atom is 0.324 e. The summed E-state index contributed by atoms with van der Waals surface area (Å²) in [4.78, 5) is 13.0. The highest BCUT2D eigenvalue weighted by molar-refractivity contribution is 5.99. The molecule has 19 heavy (non-hydrogen) atoms. The number of hydrogen-bond acceptors (Lipinski definition) is 3. The summed E-state index contributed by atoms with van der Waals surface area (Å²) in [6.07, 6.45) is 0. The molecule has 0 heterocycles. The summed E-state index contributed by atoms with van der Waals surface area (Å²) in [6, 6.07) is 12.6. The van der Waals surface area contributed by atoms with E-state index >= 15 is 0 Å². The number of urea groups is 1. The molecule has 98 valence electrons. The third-order valence-corrected chi connectivity index (χ3v) is 2.65. The summed E-state index contributed by atoms with van der Waals surface area (Å²) in [6.45, 7) is 0. The van der Waals surface area contributed by atoms with Gasteiger partial charge in [0.25, 0.3) is 0 Å². The Morgan fingerprint density at radius 1 is 1.16 bits per heavy atom. The van der Waals surface area contributed by atoms with E-state index in [1.165, 1.54) is 24.1 Å². The summed E-state index contributed by atoms with van der Waals surface area (Å²) in [5, 5.41) is 9.29. The normalized spacial score (nSPS) is 9.95. The van der Waals surface area contributed by atoms with Gasteiger partial charge in [0.15, 0.2) is 0 Å². The van der Waals surface area contributed by atoms with Crippen molar-refractivity contribution in [1.82, 2.24) is 0 Å². The number of methoxy groups -OCH3 is 1. The number of amides is 2. The number of nitrogens with zero attached hydrogens (tertiary/aromatic N) is 1. The van der Waals surface area contributed by atoms with Crippen molar-refractivity contribution in [2.75, 3.05) is 12.0 Å². The Morgan fingerprint density at radius 2 is 1.79 bits per heavy atom. The van der Waals surface area contributed by atoms with Crippen LogP contribution in [-0.4, -0.2) is 18.2 Å². The molecule has 3 N–H and O–H groups in total. The molecule has 0 saturated carbocycles. The van der Waals surface area contributed by atoms with E-state index in [0.717, 1.165) is 0 Å². The van der Waals surface area contributed by atoms with E-state index in [2.05, 4.69) is 0 Å². The Hall–Kier alpha value is -2.69. The molecule has 2 amide bonds. The van der Waals surface area contributed by atoms with Gasteiger partial charge in [-0.1, -0.05) is 12.1 Å².